The van der Waals surface area contributed by atoms with Gasteiger partial charge < -0.3 is 24.3 Å². The summed E-state index contributed by atoms with van der Waals surface area (Å²) in [5, 5.41) is 4.28. The Morgan fingerprint density at radius 2 is 1.55 bits per heavy atom. The number of esters is 1. The van der Waals surface area contributed by atoms with Crippen molar-refractivity contribution in [3.63, 3.8) is 0 Å². The van der Waals surface area contributed by atoms with Crippen molar-refractivity contribution in [3.8, 4) is 11.5 Å². The van der Waals surface area contributed by atoms with E-state index < -0.39 is 12.1 Å². The van der Waals surface area contributed by atoms with Gasteiger partial charge in [0.1, 0.15) is 18.1 Å². The van der Waals surface area contributed by atoms with Crippen LogP contribution in [0.3, 0.4) is 0 Å². The third kappa shape index (κ3) is 7.66. The van der Waals surface area contributed by atoms with Gasteiger partial charge in [0.25, 0.3) is 0 Å². The van der Waals surface area contributed by atoms with Crippen molar-refractivity contribution in [2.45, 2.75) is 6.42 Å². The first-order valence-corrected chi connectivity index (χ1v) is 10.7. The van der Waals surface area contributed by atoms with E-state index in [0.717, 1.165) is 29.0 Å². The molecule has 0 bridgehead atoms. The van der Waals surface area contributed by atoms with Gasteiger partial charge in [-0.1, -0.05) is 61.2 Å². The largest absolute Gasteiger partial charge is 0.493 e. The van der Waals surface area contributed by atoms with Gasteiger partial charge in [-0.3, -0.25) is 0 Å². The molecule has 0 aliphatic carbocycles. The fourth-order valence-electron chi connectivity index (χ4n) is 3.11. The van der Waals surface area contributed by atoms with E-state index in [1.165, 1.54) is 5.56 Å². The third-order valence-corrected chi connectivity index (χ3v) is 4.69. The van der Waals surface area contributed by atoms with E-state index in [0.29, 0.717) is 12.4 Å². The van der Waals surface area contributed by atoms with E-state index in [9.17, 15) is 9.59 Å². The second-order valence-corrected chi connectivity index (χ2v) is 6.99. The highest BCUT2D eigenvalue weighted by Crippen LogP contribution is 2.32. The summed E-state index contributed by atoms with van der Waals surface area (Å²) in [5.41, 5.74) is 1.21. The number of fused-ring (bicyclic) bond motifs is 1. The molecule has 7 nitrogen and oxygen atoms in total. The van der Waals surface area contributed by atoms with Crippen LogP contribution in [0, 0.1) is 0 Å². The van der Waals surface area contributed by atoms with Crippen molar-refractivity contribution in [2.75, 3.05) is 33.0 Å². The minimum absolute atomic E-state index is 0.126. The molecule has 0 aliphatic heterocycles. The molecular formula is C26H27NO6. The van der Waals surface area contributed by atoms with E-state index in [4.69, 9.17) is 18.9 Å². The molecule has 0 saturated carbocycles. The first-order valence-electron chi connectivity index (χ1n) is 10.7. The number of amides is 1. The zero-order valence-corrected chi connectivity index (χ0v) is 18.3. The van der Waals surface area contributed by atoms with Gasteiger partial charge in [-0.2, -0.15) is 0 Å². The number of hydrogen-bond acceptors (Lipinski definition) is 6. The Bertz CT molecular complexity index is 1070. The standard InChI is InChI=1S/C26H27NO6/c1-2-25(28)32-19-18-30-17-15-27-26(29)33-24-13-7-10-21-22(24)11-6-12-23(21)31-16-14-20-8-4-3-5-9-20/h2-13H,1,14-19H2,(H,27,29). The van der Waals surface area contributed by atoms with Crippen LogP contribution in [0.5, 0.6) is 11.5 Å². The van der Waals surface area contributed by atoms with Crippen LogP contribution in [0.1, 0.15) is 5.56 Å². The summed E-state index contributed by atoms with van der Waals surface area (Å²) in [5.74, 6) is 0.677. The SMILES string of the molecule is C=CC(=O)OCCOCCNC(=O)Oc1cccc2c(OCCc3ccccc3)cccc12. The summed E-state index contributed by atoms with van der Waals surface area (Å²) in [6, 6.07) is 21.3. The molecule has 3 aromatic rings. The molecule has 1 amide bonds. The molecule has 0 saturated heterocycles. The van der Waals surface area contributed by atoms with Crippen molar-refractivity contribution < 1.29 is 28.5 Å². The molecule has 1 N–H and O–H groups in total. The molecule has 7 heteroatoms. The minimum Gasteiger partial charge on any atom is -0.493 e. The predicted octanol–water partition coefficient (Wildman–Crippen LogP) is 4.30. The second kappa shape index (κ2) is 12.9. The van der Waals surface area contributed by atoms with Crippen molar-refractivity contribution in [3.05, 3.63) is 84.9 Å². The van der Waals surface area contributed by atoms with E-state index in [1.807, 2.05) is 48.5 Å². The molecule has 172 valence electrons. The average Bonchev–Trinajstić information content (AvgIpc) is 2.84. The smallest absolute Gasteiger partial charge is 0.412 e. The molecule has 3 rings (SSSR count). The van der Waals surface area contributed by atoms with Crippen LogP contribution >= 0.6 is 0 Å². The van der Waals surface area contributed by atoms with Gasteiger partial charge in [0.05, 0.1) is 19.8 Å². The fourth-order valence-corrected chi connectivity index (χ4v) is 3.11. The Labute approximate surface area is 192 Å². The third-order valence-electron chi connectivity index (χ3n) is 4.69. The Hall–Kier alpha value is -3.84. The van der Waals surface area contributed by atoms with Crippen LogP contribution in [0.15, 0.2) is 79.4 Å². The van der Waals surface area contributed by atoms with E-state index in [1.54, 1.807) is 6.07 Å². The van der Waals surface area contributed by atoms with Gasteiger partial charge in [-0.05, 0) is 17.7 Å². The predicted molar refractivity (Wildman–Crippen MR) is 126 cm³/mol. The molecule has 0 radical (unpaired) electrons. The van der Waals surface area contributed by atoms with Crippen LogP contribution in [-0.4, -0.2) is 45.0 Å². The number of nitrogens with one attached hydrogen (secondary N) is 1. The topological polar surface area (TPSA) is 83.1 Å². The Morgan fingerprint density at radius 1 is 0.818 bits per heavy atom. The lowest BCUT2D eigenvalue weighted by molar-refractivity contribution is -0.139. The van der Waals surface area contributed by atoms with E-state index in [-0.39, 0.29) is 26.4 Å². The zero-order valence-electron chi connectivity index (χ0n) is 18.3. The molecule has 0 atom stereocenters. The number of hydrogen-bond donors (Lipinski definition) is 1. The highest BCUT2D eigenvalue weighted by Gasteiger charge is 2.10. The molecule has 0 heterocycles. The van der Waals surface area contributed by atoms with E-state index in [2.05, 4.69) is 24.0 Å². The number of carbonyl (C=O) groups excluding carboxylic acids is 2. The minimum atomic E-state index is -0.584. The van der Waals surface area contributed by atoms with Crippen LogP contribution in [-0.2, 0) is 20.7 Å². The van der Waals surface area contributed by atoms with Gasteiger partial charge in [-0.25, -0.2) is 9.59 Å². The molecule has 0 spiro atoms. The highest BCUT2D eigenvalue weighted by molar-refractivity contribution is 5.94. The van der Waals surface area contributed by atoms with Crippen LogP contribution in [0.25, 0.3) is 10.8 Å². The molecular weight excluding hydrogens is 422 g/mol. The highest BCUT2D eigenvalue weighted by atomic mass is 16.6. The molecule has 0 fully saturated rings. The Balaban J connectivity index is 1.48. The lowest BCUT2D eigenvalue weighted by atomic mass is 10.1. The number of benzene rings is 3. The first-order chi connectivity index (χ1) is 16.2. The maximum absolute atomic E-state index is 12.2. The Kier molecular flexibility index (Phi) is 9.29. The molecule has 0 unspecified atom stereocenters. The first kappa shape index (κ1) is 23.8. The molecule has 0 aromatic heterocycles. The lowest BCUT2D eigenvalue weighted by Gasteiger charge is -2.12. The quantitative estimate of drug-likeness (QED) is 0.252. The summed E-state index contributed by atoms with van der Waals surface area (Å²) in [4.78, 5) is 23.1. The summed E-state index contributed by atoms with van der Waals surface area (Å²) >= 11 is 0. The summed E-state index contributed by atoms with van der Waals surface area (Å²) in [6.07, 6.45) is 1.30. The summed E-state index contributed by atoms with van der Waals surface area (Å²) in [7, 11) is 0. The van der Waals surface area contributed by atoms with Crippen molar-refractivity contribution in [2.24, 2.45) is 0 Å². The molecule has 33 heavy (non-hydrogen) atoms. The monoisotopic (exact) mass is 449 g/mol. The normalized spacial score (nSPS) is 10.4. The van der Waals surface area contributed by atoms with Gasteiger partial charge >= 0.3 is 12.1 Å². The van der Waals surface area contributed by atoms with Gasteiger partial charge in [0.15, 0.2) is 0 Å². The second-order valence-electron chi connectivity index (χ2n) is 6.99. The summed E-state index contributed by atoms with van der Waals surface area (Å²) < 4.78 is 21.6. The average molecular weight is 450 g/mol. The Morgan fingerprint density at radius 3 is 2.30 bits per heavy atom. The fraction of sp³-hybridized carbons (Fsp3) is 0.231. The van der Waals surface area contributed by atoms with Crippen LogP contribution in [0.2, 0.25) is 0 Å². The van der Waals surface area contributed by atoms with Crippen LogP contribution in [0.4, 0.5) is 4.79 Å². The number of carbonyl (C=O) groups is 2. The van der Waals surface area contributed by atoms with Crippen molar-refractivity contribution >= 4 is 22.8 Å². The van der Waals surface area contributed by atoms with Gasteiger partial charge in [0, 0.05) is 29.8 Å². The van der Waals surface area contributed by atoms with E-state index >= 15 is 0 Å². The zero-order chi connectivity index (χ0) is 23.3. The number of rotatable bonds is 12. The lowest BCUT2D eigenvalue weighted by Crippen LogP contribution is -2.30. The van der Waals surface area contributed by atoms with Crippen molar-refractivity contribution in [1.29, 1.82) is 0 Å². The van der Waals surface area contributed by atoms with Gasteiger partial charge in [-0.15, -0.1) is 0 Å². The maximum atomic E-state index is 12.2. The molecule has 3 aromatic carbocycles. The van der Waals surface area contributed by atoms with Crippen LogP contribution < -0.4 is 14.8 Å². The molecule has 0 aliphatic rings. The summed E-state index contributed by atoms with van der Waals surface area (Å²) in [6.45, 7) is 4.72. The van der Waals surface area contributed by atoms with Crippen molar-refractivity contribution in [1.82, 2.24) is 5.32 Å². The van der Waals surface area contributed by atoms with Gasteiger partial charge in [0.2, 0.25) is 0 Å². The number of ether oxygens (including phenoxy) is 4. The maximum Gasteiger partial charge on any atom is 0.412 e.